The van der Waals surface area contributed by atoms with Crippen molar-refractivity contribution in [3.63, 3.8) is 0 Å². The van der Waals surface area contributed by atoms with Crippen LogP contribution < -0.4 is 24.6 Å². The number of aromatic nitrogens is 2. The number of nitrogens with one attached hydrogen (secondary N) is 1. The first-order valence-corrected chi connectivity index (χ1v) is 7.88. The van der Waals surface area contributed by atoms with Crippen molar-refractivity contribution in [1.29, 1.82) is 0 Å². The van der Waals surface area contributed by atoms with Gasteiger partial charge in [-0.3, -0.25) is 4.57 Å². The molecule has 26 heavy (non-hydrogen) atoms. The summed E-state index contributed by atoms with van der Waals surface area (Å²) < 4.78 is 22.9. The fourth-order valence-corrected chi connectivity index (χ4v) is 2.80. The van der Waals surface area contributed by atoms with Gasteiger partial charge < -0.3 is 23.9 Å². The van der Waals surface area contributed by atoms with Crippen LogP contribution in [0.3, 0.4) is 0 Å². The Hall–Kier alpha value is -3.35. The van der Waals surface area contributed by atoms with E-state index in [9.17, 15) is 4.79 Å². The summed E-state index contributed by atoms with van der Waals surface area (Å²) in [6.07, 6.45) is 1.66. The van der Waals surface area contributed by atoms with E-state index in [1.54, 1.807) is 30.0 Å². The highest BCUT2D eigenvalue weighted by Gasteiger charge is 2.17. The van der Waals surface area contributed by atoms with Gasteiger partial charge in [0, 0.05) is 23.9 Å². The average molecular weight is 356 g/mol. The van der Waals surface area contributed by atoms with Crippen molar-refractivity contribution in [2.24, 2.45) is 0 Å². The van der Waals surface area contributed by atoms with Gasteiger partial charge in [0.2, 0.25) is 5.75 Å². The lowest BCUT2D eigenvalue weighted by Crippen LogP contribution is -2.16. The molecule has 0 amide bonds. The summed E-state index contributed by atoms with van der Waals surface area (Å²) in [6.45, 7) is 0. The number of nitrogens with zero attached hydrogens (tertiary/aromatic N) is 1. The molecule has 0 saturated heterocycles. The lowest BCUT2D eigenvalue weighted by molar-refractivity contribution is 0.324. The Bertz CT molecular complexity index is 932. The molecule has 0 spiro atoms. The third kappa shape index (κ3) is 2.99. The van der Waals surface area contributed by atoms with E-state index in [-0.39, 0.29) is 5.69 Å². The van der Waals surface area contributed by atoms with Crippen LogP contribution in [0.5, 0.6) is 23.0 Å². The number of methoxy groups -OCH3 is 4. The number of ether oxygens (including phenoxy) is 4. The molecule has 3 rings (SSSR count). The van der Waals surface area contributed by atoms with Gasteiger partial charge in [-0.1, -0.05) is 0 Å². The summed E-state index contributed by atoms with van der Waals surface area (Å²) in [5.41, 5.74) is 1.88. The van der Waals surface area contributed by atoms with Crippen molar-refractivity contribution in [1.82, 2.24) is 9.55 Å². The van der Waals surface area contributed by atoms with Gasteiger partial charge in [0.15, 0.2) is 11.5 Å². The zero-order valence-corrected chi connectivity index (χ0v) is 15.0. The highest BCUT2D eigenvalue weighted by molar-refractivity contribution is 5.65. The minimum Gasteiger partial charge on any atom is -0.497 e. The van der Waals surface area contributed by atoms with Gasteiger partial charge in [0.1, 0.15) is 5.75 Å². The second kappa shape index (κ2) is 7.26. The van der Waals surface area contributed by atoms with E-state index in [4.69, 9.17) is 18.9 Å². The van der Waals surface area contributed by atoms with E-state index in [2.05, 4.69) is 4.98 Å². The first-order valence-electron chi connectivity index (χ1n) is 7.88. The first kappa shape index (κ1) is 17.5. The molecule has 136 valence electrons. The van der Waals surface area contributed by atoms with Crippen LogP contribution in [-0.4, -0.2) is 38.0 Å². The van der Waals surface area contributed by atoms with Gasteiger partial charge in [-0.25, -0.2) is 4.79 Å². The van der Waals surface area contributed by atoms with E-state index in [1.807, 2.05) is 24.3 Å². The predicted molar refractivity (Wildman–Crippen MR) is 98.0 cm³/mol. The van der Waals surface area contributed by atoms with Crippen molar-refractivity contribution in [3.8, 4) is 39.9 Å². The molecule has 7 heteroatoms. The molecule has 0 aliphatic carbocycles. The third-order valence-corrected chi connectivity index (χ3v) is 4.07. The molecule has 3 aromatic rings. The highest BCUT2D eigenvalue weighted by atomic mass is 16.5. The maximum atomic E-state index is 12.5. The first-order chi connectivity index (χ1) is 12.6. The largest absolute Gasteiger partial charge is 0.497 e. The van der Waals surface area contributed by atoms with Crippen LogP contribution in [0.4, 0.5) is 0 Å². The molecule has 0 unspecified atom stereocenters. The van der Waals surface area contributed by atoms with Crippen molar-refractivity contribution >= 4 is 0 Å². The smallest absolute Gasteiger partial charge is 0.330 e. The van der Waals surface area contributed by atoms with Crippen LogP contribution >= 0.6 is 0 Å². The van der Waals surface area contributed by atoms with E-state index in [1.165, 1.54) is 21.3 Å². The topological polar surface area (TPSA) is 74.7 Å². The number of rotatable bonds is 6. The Labute approximate surface area is 150 Å². The van der Waals surface area contributed by atoms with Crippen LogP contribution in [0.2, 0.25) is 0 Å². The summed E-state index contributed by atoms with van der Waals surface area (Å²) in [5.74, 6) is 2.14. The van der Waals surface area contributed by atoms with Gasteiger partial charge in [-0.2, -0.15) is 0 Å². The Morgan fingerprint density at radius 2 is 1.46 bits per heavy atom. The normalized spacial score (nSPS) is 10.5. The van der Waals surface area contributed by atoms with E-state index >= 15 is 0 Å². The zero-order chi connectivity index (χ0) is 18.7. The van der Waals surface area contributed by atoms with Crippen molar-refractivity contribution in [2.45, 2.75) is 0 Å². The highest BCUT2D eigenvalue weighted by Crippen LogP contribution is 2.39. The summed E-state index contributed by atoms with van der Waals surface area (Å²) >= 11 is 0. The maximum absolute atomic E-state index is 12.5. The number of aromatic amines is 1. The summed E-state index contributed by atoms with van der Waals surface area (Å²) in [5, 5.41) is 0. The lowest BCUT2D eigenvalue weighted by atomic mass is 10.1. The Morgan fingerprint density at radius 3 is 1.96 bits per heavy atom. The minimum atomic E-state index is -0.273. The second-order valence-electron chi connectivity index (χ2n) is 5.43. The van der Waals surface area contributed by atoms with Crippen LogP contribution in [-0.2, 0) is 0 Å². The molecule has 0 fully saturated rings. The molecule has 0 saturated carbocycles. The second-order valence-corrected chi connectivity index (χ2v) is 5.43. The van der Waals surface area contributed by atoms with Crippen LogP contribution in [0.1, 0.15) is 0 Å². The molecule has 0 radical (unpaired) electrons. The molecule has 1 aromatic heterocycles. The standard InChI is InChI=1S/C19H20N2O5/c1-23-14-7-5-12(6-8-14)15-11-20-19(22)21(15)13-9-16(24-2)18(26-4)17(10-13)25-3/h5-11H,1-4H3,(H,20,22). The lowest BCUT2D eigenvalue weighted by Gasteiger charge is -2.15. The monoisotopic (exact) mass is 356 g/mol. The van der Waals surface area contributed by atoms with Gasteiger partial charge in [0.25, 0.3) is 0 Å². The van der Waals surface area contributed by atoms with Crippen LogP contribution in [0, 0.1) is 0 Å². The van der Waals surface area contributed by atoms with Crippen molar-refractivity contribution in [3.05, 3.63) is 53.1 Å². The zero-order valence-electron chi connectivity index (χ0n) is 15.0. The molecular formula is C19H20N2O5. The summed E-state index contributed by atoms with van der Waals surface area (Å²) in [6, 6.07) is 10.9. The molecule has 0 atom stereocenters. The van der Waals surface area contributed by atoms with E-state index in [0.29, 0.717) is 28.6 Å². The summed E-state index contributed by atoms with van der Waals surface area (Å²) in [7, 11) is 6.21. The maximum Gasteiger partial charge on any atom is 0.330 e. The van der Waals surface area contributed by atoms with Gasteiger partial charge in [-0.05, 0) is 24.3 Å². The molecule has 1 heterocycles. The number of H-pyrrole nitrogens is 1. The van der Waals surface area contributed by atoms with Gasteiger partial charge in [0.05, 0.1) is 39.8 Å². The molecular weight excluding hydrogens is 336 g/mol. The predicted octanol–water partition coefficient (Wildman–Crippen LogP) is 2.87. The van der Waals surface area contributed by atoms with E-state index in [0.717, 1.165) is 11.3 Å². The Balaban J connectivity index is 2.18. The SMILES string of the molecule is COc1ccc(-c2c[nH]c(=O)n2-c2cc(OC)c(OC)c(OC)c2)cc1. The molecule has 1 N–H and O–H groups in total. The fraction of sp³-hybridized carbons (Fsp3) is 0.211. The Morgan fingerprint density at radius 1 is 0.846 bits per heavy atom. The van der Waals surface area contributed by atoms with Crippen LogP contribution in [0.25, 0.3) is 16.9 Å². The number of imidazole rings is 1. The molecule has 0 bridgehead atoms. The number of hydrogen-bond acceptors (Lipinski definition) is 5. The molecule has 0 aliphatic heterocycles. The molecule has 2 aromatic carbocycles. The minimum absolute atomic E-state index is 0.273. The quantitative estimate of drug-likeness (QED) is 0.735. The van der Waals surface area contributed by atoms with Crippen molar-refractivity contribution < 1.29 is 18.9 Å². The van der Waals surface area contributed by atoms with Crippen LogP contribution in [0.15, 0.2) is 47.4 Å². The fourth-order valence-electron chi connectivity index (χ4n) is 2.80. The molecule has 0 aliphatic rings. The number of benzene rings is 2. The van der Waals surface area contributed by atoms with Gasteiger partial charge >= 0.3 is 5.69 Å². The van der Waals surface area contributed by atoms with E-state index < -0.39 is 0 Å². The van der Waals surface area contributed by atoms with Gasteiger partial charge in [-0.15, -0.1) is 0 Å². The molecule has 7 nitrogen and oxygen atoms in total. The Kier molecular flexibility index (Phi) is 4.88. The van der Waals surface area contributed by atoms with Crippen molar-refractivity contribution in [2.75, 3.05) is 28.4 Å². The number of hydrogen-bond donors (Lipinski definition) is 1. The summed E-state index contributed by atoms with van der Waals surface area (Å²) in [4.78, 5) is 15.2. The average Bonchev–Trinajstić information content (AvgIpc) is 3.08. The third-order valence-electron chi connectivity index (χ3n) is 4.07.